The summed E-state index contributed by atoms with van der Waals surface area (Å²) in [5, 5.41) is 11.7. The summed E-state index contributed by atoms with van der Waals surface area (Å²) in [5.74, 6) is -0.466. The molecule has 2 N–H and O–H groups in total. The first-order valence-electron chi connectivity index (χ1n) is 7.82. The van der Waals surface area contributed by atoms with Gasteiger partial charge in [0, 0.05) is 18.6 Å². The van der Waals surface area contributed by atoms with E-state index in [9.17, 15) is 14.7 Å². The van der Waals surface area contributed by atoms with Crippen molar-refractivity contribution in [3.63, 3.8) is 0 Å². The Morgan fingerprint density at radius 2 is 1.88 bits per heavy atom. The lowest BCUT2D eigenvalue weighted by Crippen LogP contribution is -2.23. The molecule has 0 aliphatic carbocycles. The van der Waals surface area contributed by atoms with Gasteiger partial charge in [-0.05, 0) is 36.2 Å². The molecule has 25 heavy (non-hydrogen) atoms. The number of thioether (sulfide) groups is 1. The Hall–Kier alpha value is -2.31. The zero-order valence-corrected chi connectivity index (χ0v) is 15.0. The van der Waals surface area contributed by atoms with E-state index in [1.807, 2.05) is 37.3 Å². The third-order valence-electron chi connectivity index (χ3n) is 3.53. The van der Waals surface area contributed by atoms with Crippen molar-refractivity contribution in [1.82, 2.24) is 0 Å². The number of nitrogens with one attached hydrogen (secondary N) is 1. The molecule has 0 aliphatic rings. The van der Waals surface area contributed by atoms with Crippen molar-refractivity contribution in [2.45, 2.75) is 24.5 Å². The summed E-state index contributed by atoms with van der Waals surface area (Å²) >= 11 is 1.53. The fourth-order valence-electron chi connectivity index (χ4n) is 2.25. The summed E-state index contributed by atoms with van der Waals surface area (Å²) in [6, 6.07) is 14.6. The molecular formula is C19H21NO4S. The molecule has 0 aliphatic heterocycles. The molecule has 6 heteroatoms. The van der Waals surface area contributed by atoms with Crippen molar-refractivity contribution in [1.29, 1.82) is 0 Å². The van der Waals surface area contributed by atoms with Crippen LogP contribution in [0.3, 0.4) is 0 Å². The van der Waals surface area contributed by atoms with Crippen LogP contribution in [0.25, 0.3) is 0 Å². The van der Waals surface area contributed by atoms with E-state index in [4.69, 9.17) is 4.74 Å². The number of anilines is 1. The first kappa shape index (κ1) is 19.0. The van der Waals surface area contributed by atoms with Crippen molar-refractivity contribution in [3.8, 4) is 0 Å². The van der Waals surface area contributed by atoms with E-state index < -0.39 is 5.97 Å². The molecule has 0 fully saturated rings. The van der Waals surface area contributed by atoms with Crippen LogP contribution < -0.4 is 5.32 Å². The maximum Gasteiger partial charge on any atom is 0.335 e. The molecule has 1 amide bonds. The number of carbonyl (C=O) groups excluding carboxylic acids is 1. The minimum Gasteiger partial charge on any atom is -0.478 e. The second kappa shape index (κ2) is 9.25. The molecular weight excluding hydrogens is 338 g/mol. The van der Waals surface area contributed by atoms with Crippen LogP contribution in [0.2, 0.25) is 0 Å². The van der Waals surface area contributed by atoms with Gasteiger partial charge in [0.15, 0.2) is 0 Å². The van der Waals surface area contributed by atoms with Crippen LogP contribution in [0.1, 0.15) is 28.4 Å². The Kier molecular flexibility index (Phi) is 7.03. The highest BCUT2D eigenvalue weighted by molar-refractivity contribution is 7.99. The van der Waals surface area contributed by atoms with E-state index in [0.717, 1.165) is 11.3 Å². The van der Waals surface area contributed by atoms with Gasteiger partial charge in [-0.3, -0.25) is 4.79 Å². The molecule has 2 aromatic rings. The van der Waals surface area contributed by atoms with Crippen LogP contribution in [0.4, 0.5) is 5.69 Å². The van der Waals surface area contributed by atoms with Gasteiger partial charge in [0.2, 0.25) is 5.91 Å². The molecule has 0 spiro atoms. The maximum atomic E-state index is 12.4. The largest absolute Gasteiger partial charge is 0.478 e. The SMILES string of the molecule is COCc1cc(NC(=O)C(C)SCc2ccccc2)cc(C(=O)O)c1. The summed E-state index contributed by atoms with van der Waals surface area (Å²) in [6.45, 7) is 2.11. The number of amides is 1. The third kappa shape index (κ3) is 5.92. The van der Waals surface area contributed by atoms with Crippen LogP contribution in [0.15, 0.2) is 48.5 Å². The zero-order chi connectivity index (χ0) is 18.2. The van der Waals surface area contributed by atoms with Gasteiger partial charge in [0.1, 0.15) is 0 Å². The number of rotatable bonds is 8. The maximum absolute atomic E-state index is 12.4. The summed E-state index contributed by atoms with van der Waals surface area (Å²) < 4.78 is 5.05. The molecule has 132 valence electrons. The van der Waals surface area contributed by atoms with Crippen molar-refractivity contribution >= 4 is 29.3 Å². The summed E-state index contributed by atoms with van der Waals surface area (Å²) in [7, 11) is 1.54. The fraction of sp³-hybridized carbons (Fsp3) is 0.263. The van der Waals surface area contributed by atoms with Crippen LogP contribution >= 0.6 is 11.8 Å². The van der Waals surface area contributed by atoms with E-state index in [1.165, 1.54) is 31.0 Å². The average Bonchev–Trinajstić information content (AvgIpc) is 2.60. The number of hydrogen-bond acceptors (Lipinski definition) is 4. The highest BCUT2D eigenvalue weighted by Crippen LogP contribution is 2.21. The summed E-state index contributed by atoms with van der Waals surface area (Å²) in [6.07, 6.45) is 0. The molecule has 0 aromatic heterocycles. The molecule has 0 radical (unpaired) electrons. The smallest absolute Gasteiger partial charge is 0.335 e. The molecule has 0 heterocycles. The molecule has 5 nitrogen and oxygen atoms in total. The van der Waals surface area contributed by atoms with E-state index >= 15 is 0 Å². The van der Waals surface area contributed by atoms with Crippen molar-refractivity contribution in [2.24, 2.45) is 0 Å². The molecule has 2 aromatic carbocycles. The zero-order valence-electron chi connectivity index (χ0n) is 14.2. The Morgan fingerprint density at radius 3 is 2.52 bits per heavy atom. The first-order valence-corrected chi connectivity index (χ1v) is 8.87. The highest BCUT2D eigenvalue weighted by Gasteiger charge is 2.15. The first-order chi connectivity index (χ1) is 12.0. The molecule has 1 atom stereocenters. The van der Waals surface area contributed by atoms with E-state index in [0.29, 0.717) is 11.3 Å². The molecule has 0 bridgehead atoms. The summed E-state index contributed by atoms with van der Waals surface area (Å²) in [4.78, 5) is 23.6. The Labute approximate surface area is 151 Å². The average molecular weight is 359 g/mol. The standard InChI is InChI=1S/C19H21NO4S/c1-13(25-12-14-6-4-3-5-7-14)18(21)20-17-9-15(11-24-2)8-16(10-17)19(22)23/h3-10,13H,11-12H2,1-2H3,(H,20,21)(H,22,23). The van der Waals surface area contributed by atoms with Crippen LogP contribution in [0, 0.1) is 0 Å². The number of ether oxygens (including phenoxy) is 1. The quantitative estimate of drug-likeness (QED) is 0.750. The lowest BCUT2D eigenvalue weighted by atomic mass is 10.1. The van der Waals surface area contributed by atoms with Crippen molar-refractivity contribution in [3.05, 3.63) is 65.2 Å². The molecule has 1 unspecified atom stereocenters. The second-order valence-electron chi connectivity index (χ2n) is 5.58. The number of carboxylic acids is 1. The topological polar surface area (TPSA) is 75.6 Å². The van der Waals surface area contributed by atoms with Gasteiger partial charge in [0.05, 0.1) is 17.4 Å². The Morgan fingerprint density at radius 1 is 1.16 bits per heavy atom. The summed E-state index contributed by atoms with van der Waals surface area (Å²) in [5.41, 5.74) is 2.43. The van der Waals surface area contributed by atoms with Gasteiger partial charge in [-0.1, -0.05) is 30.3 Å². The third-order valence-corrected chi connectivity index (χ3v) is 4.74. The minimum absolute atomic E-state index is 0.120. The fourth-order valence-corrected chi connectivity index (χ4v) is 3.10. The van der Waals surface area contributed by atoms with E-state index in [1.54, 1.807) is 6.07 Å². The number of aromatic carboxylic acids is 1. The number of carboxylic acid groups (broad SMARTS) is 1. The van der Waals surface area contributed by atoms with E-state index in [2.05, 4.69) is 5.32 Å². The van der Waals surface area contributed by atoms with Gasteiger partial charge in [-0.15, -0.1) is 11.8 Å². The van der Waals surface area contributed by atoms with Gasteiger partial charge < -0.3 is 15.2 Å². The lowest BCUT2D eigenvalue weighted by Gasteiger charge is -2.13. The monoisotopic (exact) mass is 359 g/mol. The van der Waals surface area contributed by atoms with E-state index in [-0.39, 0.29) is 23.3 Å². The number of methoxy groups -OCH3 is 1. The predicted molar refractivity (Wildman–Crippen MR) is 99.9 cm³/mol. The lowest BCUT2D eigenvalue weighted by molar-refractivity contribution is -0.115. The van der Waals surface area contributed by atoms with Crippen LogP contribution in [-0.2, 0) is 21.9 Å². The number of carbonyl (C=O) groups is 2. The number of benzene rings is 2. The Balaban J connectivity index is 2.02. The van der Waals surface area contributed by atoms with Gasteiger partial charge in [0.25, 0.3) is 0 Å². The molecule has 0 saturated heterocycles. The number of hydrogen-bond donors (Lipinski definition) is 2. The second-order valence-corrected chi connectivity index (χ2v) is 6.91. The molecule has 2 rings (SSSR count). The van der Waals surface area contributed by atoms with Crippen LogP contribution in [0.5, 0.6) is 0 Å². The molecule has 0 saturated carbocycles. The van der Waals surface area contributed by atoms with Gasteiger partial charge in [-0.2, -0.15) is 0 Å². The van der Waals surface area contributed by atoms with Crippen molar-refractivity contribution in [2.75, 3.05) is 12.4 Å². The highest BCUT2D eigenvalue weighted by atomic mass is 32.2. The van der Waals surface area contributed by atoms with Gasteiger partial charge in [-0.25, -0.2) is 4.79 Å². The normalized spacial score (nSPS) is 11.8. The predicted octanol–water partition coefficient (Wildman–Crippen LogP) is 3.79. The minimum atomic E-state index is -1.04. The van der Waals surface area contributed by atoms with Gasteiger partial charge >= 0.3 is 5.97 Å². The van der Waals surface area contributed by atoms with Crippen LogP contribution in [-0.4, -0.2) is 29.3 Å². The van der Waals surface area contributed by atoms with Crippen molar-refractivity contribution < 1.29 is 19.4 Å². The Bertz CT molecular complexity index is 733.